The van der Waals surface area contributed by atoms with Crippen LogP contribution in [0.15, 0.2) is 34.2 Å². The van der Waals surface area contributed by atoms with Gasteiger partial charge >= 0.3 is 15.5 Å². The van der Waals surface area contributed by atoms with Gasteiger partial charge in [0.15, 0.2) is 18.4 Å². The fourth-order valence-electron chi connectivity index (χ4n) is 2.12. The summed E-state index contributed by atoms with van der Waals surface area (Å²) in [5, 5.41) is 14.9. The monoisotopic (exact) mass is 409 g/mol. The summed E-state index contributed by atoms with van der Waals surface area (Å²) >= 11 is 1.07. The van der Waals surface area contributed by atoms with Gasteiger partial charge in [-0.05, 0) is 0 Å². The number of hydrogen-bond acceptors (Lipinski definition) is 7. The molecular formula is C13H16F3N6O2S2+. The van der Waals surface area contributed by atoms with Crippen molar-refractivity contribution in [1.82, 2.24) is 10.2 Å². The lowest BCUT2D eigenvalue weighted by Crippen LogP contribution is -2.39. The van der Waals surface area contributed by atoms with Crippen LogP contribution in [0.3, 0.4) is 0 Å². The van der Waals surface area contributed by atoms with E-state index < -0.39 is 15.5 Å². The van der Waals surface area contributed by atoms with Gasteiger partial charge in [0, 0.05) is 18.9 Å². The summed E-state index contributed by atoms with van der Waals surface area (Å²) < 4.78 is 64.3. The van der Waals surface area contributed by atoms with Crippen molar-refractivity contribution in [1.29, 1.82) is 0 Å². The zero-order valence-corrected chi connectivity index (χ0v) is 15.4. The van der Waals surface area contributed by atoms with E-state index in [0.717, 1.165) is 24.2 Å². The Kier molecular flexibility index (Phi) is 6.23. The topological polar surface area (TPSA) is 101 Å². The van der Waals surface area contributed by atoms with Gasteiger partial charge in [-0.15, -0.1) is 20.4 Å². The average Bonchev–Trinajstić information content (AvgIpc) is 3.07. The summed E-state index contributed by atoms with van der Waals surface area (Å²) in [6.45, 7) is 3.84. The van der Waals surface area contributed by atoms with Gasteiger partial charge in [-0.25, -0.2) is 4.57 Å². The fourth-order valence-corrected chi connectivity index (χ4v) is 3.05. The lowest BCUT2D eigenvalue weighted by molar-refractivity contribution is -0.723. The molecule has 0 amide bonds. The lowest BCUT2D eigenvalue weighted by Gasteiger charge is -2.13. The summed E-state index contributed by atoms with van der Waals surface area (Å²) in [5.74, 6) is 0. The summed E-state index contributed by atoms with van der Waals surface area (Å²) in [4.78, 5) is 0. The van der Waals surface area contributed by atoms with Crippen LogP contribution in [-0.2, 0) is 10.0 Å². The van der Waals surface area contributed by atoms with Gasteiger partial charge in [0.2, 0.25) is 0 Å². The highest BCUT2D eigenvalue weighted by Crippen LogP contribution is 2.31. The maximum atomic E-state index is 12.7. The summed E-state index contributed by atoms with van der Waals surface area (Å²) in [6.07, 6.45) is 4.32. The first-order valence-electron chi connectivity index (χ1n) is 7.49. The minimum Gasteiger partial charge on any atom is -0.268 e. The van der Waals surface area contributed by atoms with Crippen molar-refractivity contribution in [3.8, 4) is 0 Å². The van der Waals surface area contributed by atoms with Gasteiger partial charge in [0.25, 0.3) is 5.13 Å². The van der Waals surface area contributed by atoms with Crippen LogP contribution in [0.1, 0.15) is 32.7 Å². The molecule has 0 fully saturated rings. The van der Waals surface area contributed by atoms with Crippen LogP contribution in [0.4, 0.5) is 29.7 Å². The smallest absolute Gasteiger partial charge is 0.268 e. The second kappa shape index (κ2) is 8.03. The summed E-state index contributed by atoms with van der Waals surface area (Å²) in [7, 11) is -5.59. The molecule has 0 aliphatic rings. The van der Waals surface area contributed by atoms with Crippen LogP contribution in [-0.4, -0.2) is 24.1 Å². The Bertz CT molecular complexity index is 864. The number of alkyl halides is 3. The standard InChI is InChI=1S/C13H16F3N6O2S2/c1-3-9(4-2)22-6-5-10(18-20-12-19-17-8-25-12)11(7-22)21-26(23,24)13(14,15)16/h5-9,21H,3-4H2,1-2H3/q+1. The second-order valence-corrected chi connectivity index (χ2v) is 7.62. The summed E-state index contributed by atoms with van der Waals surface area (Å²) in [5.41, 5.74) is -4.44. The van der Waals surface area contributed by atoms with E-state index in [-0.39, 0.29) is 22.5 Å². The van der Waals surface area contributed by atoms with Crippen LogP contribution < -0.4 is 9.29 Å². The van der Waals surface area contributed by atoms with Gasteiger partial charge in [-0.3, -0.25) is 4.72 Å². The molecule has 13 heteroatoms. The normalized spacial score (nSPS) is 12.8. The lowest BCUT2D eigenvalue weighted by atomic mass is 10.1. The first-order chi connectivity index (χ1) is 12.2. The molecule has 0 unspecified atom stereocenters. The molecule has 0 atom stereocenters. The van der Waals surface area contributed by atoms with Gasteiger partial charge in [0.1, 0.15) is 16.9 Å². The molecule has 0 aliphatic heterocycles. The molecule has 2 aromatic heterocycles. The molecule has 0 aliphatic carbocycles. The molecule has 26 heavy (non-hydrogen) atoms. The number of aromatic nitrogens is 3. The first kappa shape index (κ1) is 20.2. The average molecular weight is 409 g/mol. The highest BCUT2D eigenvalue weighted by Gasteiger charge is 2.46. The highest BCUT2D eigenvalue weighted by molar-refractivity contribution is 7.93. The van der Waals surface area contributed by atoms with Gasteiger partial charge in [-0.1, -0.05) is 25.2 Å². The number of rotatable bonds is 7. The van der Waals surface area contributed by atoms with Crippen molar-refractivity contribution in [2.24, 2.45) is 10.2 Å². The predicted molar refractivity (Wildman–Crippen MR) is 88.9 cm³/mol. The molecule has 2 rings (SSSR count). The predicted octanol–water partition coefficient (Wildman–Crippen LogP) is 3.86. The number of nitrogens with one attached hydrogen (secondary N) is 1. The van der Waals surface area contributed by atoms with Crippen LogP contribution in [0.2, 0.25) is 0 Å². The number of pyridine rings is 1. The van der Waals surface area contributed by atoms with Crippen molar-refractivity contribution in [3.63, 3.8) is 0 Å². The van der Waals surface area contributed by atoms with E-state index in [1.54, 1.807) is 15.5 Å². The maximum absolute atomic E-state index is 12.7. The fraction of sp³-hybridized carbons (Fsp3) is 0.462. The third-order valence-corrected chi connectivity index (χ3v) is 5.14. The quantitative estimate of drug-likeness (QED) is 0.554. The number of hydrogen-bond donors (Lipinski definition) is 1. The van der Waals surface area contributed by atoms with E-state index in [9.17, 15) is 21.6 Å². The molecule has 1 N–H and O–H groups in total. The Hall–Kier alpha value is -2.15. The van der Waals surface area contributed by atoms with Gasteiger partial charge in [-0.2, -0.15) is 21.6 Å². The molecule has 0 saturated heterocycles. The Morgan fingerprint density at radius 3 is 2.54 bits per heavy atom. The number of sulfonamides is 1. The van der Waals surface area contributed by atoms with E-state index in [4.69, 9.17) is 0 Å². The number of azo groups is 1. The first-order valence-corrected chi connectivity index (χ1v) is 9.86. The Labute approximate surface area is 151 Å². The van der Waals surface area contributed by atoms with Crippen molar-refractivity contribution in [2.45, 2.75) is 38.2 Å². The zero-order chi connectivity index (χ0) is 19.4. The van der Waals surface area contributed by atoms with E-state index in [1.807, 2.05) is 13.8 Å². The Morgan fingerprint density at radius 1 is 1.31 bits per heavy atom. The van der Waals surface area contributed by atoms with Crippen LogP contribution in [0.25, 0.3) is 0 Å². The van der Waals surface area contributed by atoms with Gasteiger partial charge in [0.05, 0.1) is 0 Å². The van der Waals surface area contributed by atoms with E-state index in [1.165, 1.54) is 17.8 Å². The van der Waals surface area contributed by atoms with Crippen molar-refractivity contribution in [2.75, 3.05) is 4.72 Å². The van der Waals surface area contributed by atoms with E-state index in [2.05, 4.69) is 20.4 Å². The third kappa shape index (κ3) is 4.72. The molecule has 2 heterocycles. The van der Waals surface area contributed by atoms with Crippen LogP contribution >= 0.6 is 11.3 Å². The van der Waals surface area contributed by atoms with E-state index in [0.29, 0.717) is 0 Å². The largest absolute Gasteiger partial charge is 0.516 e. The number of anilines is 1. The van der Waals surface area contributed by atoms with Crippen LogP contribution in [0.5, 0.6) is 0 Å². The molecule has 0 bridgehead atoms. The van der Waals surface area contributed by atoms with Crippen LogP contribution in [0, 0.1) is 0 Å². The molecule has 142 valence electrons. The highest BCUT2D eigenvalue weighted by atomic mass is 32.2. The summed E-state index contributed by atoms with van der Waals surface area (Å²) in [6, 6.07) is 1.38. The molecule has 0 spiro atoms. The zero-order valence-electron chi connectivity index (χ0n) is 13.8. The van der Waals surface area contributed by atoms with Crippen molar-refractivity contribution in [3.05, 3.63) is 24.0 Å². The molecule has 8 nitrogen and oxygen atoms in total. The molecule has 0 radical (unpaired) electrons. The molecular weight excluding hydrogens is 393 g/mol. The second-order valence-electron chi connectivity index (χ2n) is 5.13. The van der Waals surface area contributed by atoms with E-state index >= 15 is 0 Å². The Morgan fingerprint density at radius 2 is 2.00 bits per heavy atom. The molecule has 0 aromatic carbocycles. The minimum atomic E-state index is -5.59. The molecule has 2 aromatic rings. The number of nitrogens with zero attached hydrogens (tertiary/aromatic N) is 5. The minimum absolute atomic E-state index is 0.00158. The third-order valence-electron chi connectivity index (χ3n) is 3.46. The van der Waals surface area contributed by atoms with Crippen molar-refractivity contribution >= 4 is 37.9 Å². The van der Waals surface area contributed by atoms with Crippen molar-refractivity contribution < 1.29 is 26.2 Å². The Balaban J connectivity index is 2.46. The number of halogens is 3. The van der Waals surface area contributed by atoms with Gasteiger partial charge < -0.3 is 0 Å². The maximum Gasteiger partial charge on any atom is 0.516 e. The molecule has 0 saturated carbocycles. The SMILES string of the molecule is CCC(CC)[n+]1ccc(N=Nc2nncs2)c(NS(=O)(=O)C(F)(F)F)c1.